The SMILES string of the molecule is COc1cc(-n2cc(C(=O)O)c(=O)c3ccc(OCCCCCCCBr)cc32)cc([N+](=O)[O-])c1. The van der Waals surface area contributed by atoms with Crippen molar-refractivity contribution >= 4 is 38.5 Å². The van der Waals surface area contributed by atoms with Gasteiger partial charge in [0, 0.05) is 35.1 Å². The maximum atomic E-state index is 12.8. The number of aromatic carboxylic acids is 1. The van der Waals surface area contributed by atoms with Crippen LogP contribution in [0.4, 0.5) is 5.69 Å². The zero-order valence-corrected chi connectivity index (χ0v) is 20.2. The van der Waals surface area contributed by atoms with E-state index in [0.717, 1.165) is 37.4 Å². The molecule has 9 nitrogen and oxygen atoms in total. The van der Waals surface area contributed by atoms with Gasteiger partial charge in [-0.05, 0) is 25.0 Å². The molecule has 0 spiro atoms. The van der Waals surface area contributed by atoms with E-state index in [9.17, 15) is 24.8 Å². The zero-order chi connectivity index (χ0) is 24.7. The number of fused-ring (bicyclic) bond motifs is 1. The van der Waals surface area contributed by atoms with E-state index in [0.29, 0.717) is 17.9 Å². The number of nitro benzene ring substituents is 1. The van der Waals surface area contributed by atoms with Gasteiger partial charge in [0.15, 0.2) is 0 Å². The van der Waals surface area contributed by atoms with Crippen LogP contribution in [0.3, 0.4) is 0 Å². The van der Waals surface area contributed by atoms with E-state index in [4.69, 9.17) is 9.47 Å². The van der Waals surface area contributed by atoms with Gasteiger partial charge in [0.05, 0.1) is 35.9 Å². The Bertz CT molecular complexity index is 1260. The van der Waals surface area contributed by atoms with E-state index in [2.05, 4.69) is 15.9 Å². The number of carbonyl (C=O) groups is 1. The Hall–Kier alpha value is -3.40. The number of rotatable bonds is 12. The Labute approximate surface area is 204 Å². The molecule has 3 aromatic rings. The summed E-state index contributed by atoms with van der Waals surface area (Å²) < 4.78 is 12.5. The number of aromatic nitrogens is 1. The number of unbranched alkanes of at least 4 members (excludes halogenated alkanes) is 4. The summed E-state index contributed by atoms with van der Waals surface area (Å²) in [5.41, 5.74) is -0.676. The van der Waals surface area contributed by atoms with Crippen molar-refractivity contribution < 1.29 is 24.3 Å². The molecule has 1 heterocycles. The van der Waals surface area contributed by atoms with Crippen LogP contribution in [0.5, 0.6) is 11.5 Å². The summed E-state index contributed by atoms with van der Waals surface area (Å²) >= 11 is 3.42. The third kappa shape index (κ3) is 5.93. The van der Waals surface area contributed by atoms with E-state index in [1.807, 2.05) is 0 Å². The van der Waals surface area contributed by atoms with Crippen molar-refractivity contribution in [2.45, 2.75) is 32.1 Å². The second kappa shape index (κ2) is 11.6. The van der Waals surface area contributed by atoms with Gasteiger partial charge in [0.1, 0.15) is 17.1 Å². The first-order chi connectivity index (χ1) is 16.3. The van der Waals surface area contributed by atoms with Crippen molar-refractivity contribution in [3.63, 3.8) is 0 Å². The minimum absolute atomic E-state index is 0.160. The molecular formula is C24H25BrN2O7. The Morgan fingerprint density at radius 2 is 1.82 bits per heavy atom. The van der Waals surface area contributed by atoms with Crippen molar-refractivity contribution in [2.24, 2.45) is 0 Å². The zero-order valence-electron chi connectivity index (χ0n) is 18.7. The Balaban J connectivity index is 2.02. The number of carboxylic acid groups (broad SMARTS) is 1. The summed E-state index contributed by atoms with van der Waals surface area (Å²) in [7, 11) is 1.38. The van der Waals surface area contributed by atoms with Crippen LogP contribution in [0.25, 0.3) is 16.6 Å². The minimum Gasteiger partial charge on any atom is -0.496 e. The normalized spacial score (nSPS) is 10.9. The van der Waals surface area contributed by atoms with Gasteiger partial charge in [-0.3, -0.25) is 14.9 Å². The molecule has 0 unspecified atom stereocenters. The molecule has 180 valence electrons. The number of nitro groups is 1. The summed E-state index contributed by atoms with van der Waals surface area (Å²) in [4.78, 5) is 35.3. The van der Waals surface area contributed by atoms with Crippen LogP contribution in [0, 0.1) is 10.1 Å². The number of halogens is 1. The largest absolute Gasteiger partial charge is 0.496 e. The van der Waals surface area contributed by atoms with Crippen molar-refractivity contribution in [1.29, 1.82) is 0 Å². The number of hydrogen-bond acceptors (Lipinski definition) is 6. The van der Waals surface area contributed by atoms with Gasteiger partial charge >= 0.3 is 5.97 Å². The monoisotopic (exact) mass is 532 g/mol. The fraction of sp³-hybridized carbons (Fsp3) is 0.333. The highest BCUT2D eigenvalue weighted by Gasteiger charge is 2.18. The number of ether oxygens (including phenoxy) is 2. The molecule has 0 aliphatic rings. The summed E-state index contributed by atoms with van der Waals surface area (Å²) in [6.45, 7) is 0.502. The molecule has 10 heteroatoms. The Morgan fingerprint density at radius 1 is 1.09 bits per heavy atom. The smallest absolute Gasteiger partial charge is 0.341 e. The van der Waals surface area contributed by atoms with Gasteiger partial charge in [-0.15, -0.1) is 0 Å². The van der Waals surface area contributed by atoms with E-state index in [-0.39, 0.29) is 22.5 Å². The van der Waals surface area contributed by atoms with Crippen molar-refractivity contribution in [3.8, 4) is 17.2 Å². The quantitative estimate of drug-likeness (QED) is 0.145. The van der Waals surface area contributed by atoms with Crippen LogP contribution in [0.1, 0.15) is 42.5 Å². The van der Waals surface area contributed by atoms with Crippen LogP contribution >= 0.6 is 15.9 Å². The molecule has 0 radical (unpaired) electrons. The first kappa shape index (κ1) is 25.2. The molecule has 2 aromatic carbocycles. The number of methoxy groups -OCH3 is 1. The molecule has 0 aliphatic carbocycles. The van der Waals surface area contributed by atoms with Crippen molar-refractivity contribution in [1.82, 2.24) is 4.57 Å². The fourth-order valence-corrected chi connectivity index (χ4v) is 4.00. The van der Waals surface area contributed by atoms with Crippen molar-refractivity contribution in [2.75, 3.05) is 19.0 Å². The first-order valence-electron chi connectivity index (χ1n) is 10.8. The van der Waals surface area contributed by atoms with Gasteiger partial charge in [-0.2, -0.15) is 0 Å². The molecule has 0 amide bonds. The molecule has 0 saturated heterocycles. The van der Waals surface area contributed by atoms with E-state index in [1.165, 1.54) is 42.1 Å². The Morgan fingerprint density at radius 3 is 2.50 bits per heavy atom. The van der Waals surface area contributed by atoms with Crippen molar-refractivity contribution in [3.05, 3.63) is 68.5 Å². The minimum atomic E-state index is -1.39. The maximum absolute atomic E-state index is 12.8. The van der Waals surface area contributed by atoms with Gasteiger partial charge in [-0.1, -0.05) is 35.2 Å². The van der Waals surface area contributed by atoms with Gasteiger partial charge in [0.25, 0.3) is 5.69 Å². The van der Waals surface area contributed by atoms with Gasteiger partial charge < -0.3 is 19.1 Å². The Kier molecular flexibility index (Phi) is 8.64. The lowest BCUT2D eigenvalue weighted by molar-refractivity contribution is -0.384. The summed E-state index contributed by atoms with van der Waals surface area (Å²) in [5.74, 6) is -0.653. The highest BCUT2D eigenvalue weighted by Crippen LogP contribution is 2.29. The van der Waals surface area contributed by atoms with E-state index in [1.54, 1.807) is 12.1 Å². The molecule has 1 aromatic heterocycles. The fourth-order valence-electron chi connectivity index (χ4n) is 3.61. The van der Waals surface area contributed by atoms with Gasteiger partial charge in [0.2, 0.25) is 5.43 Å². The molecular weight excluding hydrogens is 508 g/mol. The number of hydrogen-bond donors (Lipinski definition) is 1. The molecule has 0 atom stereocenters. The molecule has 34 heavy (non-hydrogen) atoms. The second-order valence-electron chi connectivity index (χ2n) is 7.68. The highest BCUT2D eigenvalue weighted by molar-refractivity contribution is 9.09. The lowest BCUT2D eigenvalue weighted by Crippen LogP contribution is -2.18. The van der Waals surface area contributed by atoms with Crippen LogP contribution in [0.2, 0.25) is 0 Å². The second-order valence-corrected chi connectivity index (χ2v) is 8.47. The maximum Gasteiger partial charge on any atom is 0.341 e. The number of carboxylic acids is 1. The number of pyridine rings is 1. The van der Waals surface area contributed by atoms with E-state index < -0.39 is 21.9 Å². The van der Waals surface area contributed by atoms with Crippen LogP contribution in [0.15, 0.2) is 47.4 Å². The third-order valence-electron chi connectivity index (χ3n) is 5.35. The number of non-ortho nitro benzene ring substituents is 1. The van der Waals surface area contributed by atoms with Crippen LogP contribution in [-0.4, -0.2) is 39.6 Å². The average Bonchev–Trinajstić information content (AvgIpc) is 2.83. The molecule has 0 saturated carbocycles. The lowest BCUT2D eigenvalue weighted by atomic mass is 10.1. The third-order valence-corrected chi connectivity index (χ3v) is 5.91. The molecule has 0 aliphatic heterocycles. The molecule has 0 fully saturated rings. The molecule has 1 N–H and O–H groups in total. The highest BCUT2D eigenvalue weighted by atomic mass is 79.9. The van der Waals surface area contributed by atoms with Gasteiger partial charge in [-0.25, -0.2) is 4.79 Å². The number of benzene rings is 2. The summed E-state index contributed by atoms with van der Waals surface area (Å²) in [6.07, 6.45) is 6.52. The number of nitrogens with zero attached hydrogens (tertiary/aromatic N) is 2. The lowest BCUT2D eigenvalue weighted by Gasteiger charge is -2.15. The predicted molar refractivity (Wildman–Crippen MR) is 132 cm³/mol. The van der Waals surface area contributed by atoms with Crippen LogP contribution < -0.4 is 14.9 Å². The molecule has 3 rings (SSSR count). The average molecular weight is 533 g/mol. The topological polar surface area (TPSA) is 121 Å². The predicted octanol–water partition coefficient (Wildman–Crippen LogP) is 5.33. The molecule has 0 bridgehead atoms. The summed E-state index contributed by atoms with van der Waals surface area (Å²) in [5, 5.41) is 22.1. The van der Waals surface area contributed by atoms with E-state index >= 15 is 0 Å². The standard InChI is InChI=1S/C24H25BrN2O7/c1-33-19-12-16(11-17(13-19)27(31)32)26-15-21(24(29)30)23(28)20-8-7-18(14-22(20)26)34-10-6-4-2-3-5-9-25/h7-8,11-15H,2-6,9-10H2,1H3,(H,29,30). The number of alkyl halides is 1. The first-order valence-corrected chi connectivity index (χ1v) is 11.9. The van der Waals surface area contributed by atoms with Crippen LogP contribution in [-0.2, 0) is 0 Å². The summed E-state index contributed by atoms with van der Waals surface area (Å²) in [6, 6.07) is 8.86.